The Bertz CT molecular complexity index is 939. The molecule has 7 nitrogen and oxygen atoms in total. The number of carbonyl (C=O) groups excluding carboxylic acids is 3. The first kappa shape index (κ1) is 24.2. The summed E-state index contributed by atoms with van der Waals surface area (Å²) in [6, 6.07) is 12.5. The Morgan fingerprint density at radius 2 is 1.65 bits per heavy atom. The molecule has 0 aliphatic rings. The van der Waals surface area contributed by atoms with Crippen molar-refractivity contribution >= 4 is 28.6 Å². The highest BCUT2D eigenvalue weighted by Crippen LogP contribution is 2.11. The van der Waals surface area contributed by atoms with E-state index in [-0.39, 0.29) is 24.2 Å². The fourth-order valence-corrected chi connectivity index (χ4v) is 4.06. The van der Waals surface area contributed by atoms with Gasteiger partial charge in [-0.05, 0) is 30.2 Å². The van der Waals surface area contributed by atoms with Crippen molar-refractivity contribution < 1.29 is 27.7 Å². The lowest BCUT2D eigenvalue weighted by Gasteiger charge is -2.22. The van der Waals surface area contributed by atoms with Gasteiger partial charge in [0.05, 0.1) is 17.9 Å². The number of rotatable bonds is 10. The monoisotopic (exact) mass is 448 g/mol. The van der Waals surface area contributed by atoms with Crippen molar-refractivity contribution in [3.8, 4) is 0 Å². The second kappa shape index (κ2) is 11.9. The van der Waals surface area contributed by atoms with E-state index in [1.807, 2.05) is 0 Å². The summed E-state index contributed by atoms with van der Waals surface area (Å²) in [4.78, 5) is 37.1. The summed E-state index contributed by atoms with van der Waals surface area (Å²) in [5.74, 6) is -2.24. The van der Waals surface area contributed by atoms with Crippen molar-refractivity contribution in [1.29, 1.82) is 0 Å². The van der Waals surface area contributed by atoms with Crippen molar-refractivity contribution in [1.82, 2.24) is 10.6 Å². The third-order valence-corrected chi connectivity index (χ3v) is 5.88. The summed E-state index contributed by atoms with van der Waals surface area (Å²) in [5, 5.41) is 5.01. The van der Waals surface area contributed by atoms with E-state index < -0.39 is 46.5 Å². The van der Waals surface area contributed by atoms with Gasteiger partial charge in [-0.2, -0.15) is 0 Å². The molecular formula is C22H25FN2O5S. The number of halogens is 1. The van der Waals surface area contributed by atoms with Crippen molar-refractivity contribution in [2.45, 2.75) is 36.7 Å². The number of esters is 1. The van der Waals surface area contributed by atoms with E-state index in [4.69, 9.17) is 4.74 Å². The zero-order valence-corrected chi connectivity index (χ0v) is 18.1. The summed E-state index contributed by atoms with van der Waals surface area (Å²) in [5.41, 5.74) is 0.246. The molecule has 2 N–H and O–H groups in total. The Balaban J connectivity index is 2.10. The Labute approximate surface area is 182 Å². The minimum atomic E-state index is -1.37. The molecule has 3 atom stereocenters. The van der Waals surface area contributed by atoms with E-state index in [2.05, 4.69) is 10.6 Å². The SMILES string of the molecule is COC(=O)[C@@H](CC[S@](=O)c1ccccc1)NC(=O)[C@@H](Cc1ccccc1F)NC(C)=O. The van der Waals surface area contributed by atoms with Crippen LogP contribution in [0.3, 0.4) is 0 Å². The van der Waals surface area contributed by atoms with Gasteiger partial charge in [-0.15, -0.1) is 0 Å². The maximum absolute atomic E-state index is 14.0. The van der Waals surface area contributed by atoms with Crippen molar-refractivity contribution in [3.63, 3.8) is 0 Å². The van der Waals surface area contributed by atoms with Crippen LogP contribution in [0.15, 0.2) is 59.5 Å². The first-order valence-corrected chi connectivity index (χ1v) is 11.0. The molecule has 2 aromatic carbocycles. The first-order valence-electron chi connectivity index (χ1n) is 9.64. The Morgan fingerprint density at radius 3 is 2.26 bits per heavy atom. The van der Waals surface area contributed by atoms with Crippen LogP contribution in [0, 0.1) is 5.82 Å². The quantitative estimate of drug-likeness (QED) is 0.539. The molecule has 0 unspecified atom stereocenters. The first-order chi connectivity index (χ1) is 14.8. The summed E-state index contributed by atoms with van der Waals surface area (Å²) in [7, 11) is -0.189. The maximum Gasteiger partial charge on any atom is 0.328 e. The Morgan fingerprint density at radius 1 is 1.00 bits per heavy atom. The van der Waals surface area contributed by atoms with Gasteiger partial charge in [-0.3, -0.25) is 13.8 Å². The van der Waals surface area contributed by atoms with Crippen LogP contribution in [-0.2, 0) is 36.3 Å². The molecule has 0 radical (unpaired) electrons. The third-order valence-electron chi connectivity index (χ3n) is 4.48. The number of carbonyl (C=O) groups is 3. The van der Waals surface area contributed by atoms with E-state index in [1.54, 1.807) is 36.4 Å². The predicted molar refractivity (Wildman–Crippen MR) is 114 cm³/mol. The zero-order chi connectivity index (χ0) is 22.8. The Hall–Kier alpha value is -3.07. The van der Waals surface area contributed by atoms with Gasteiger partial charge < -0.3 is 15.4 Å². The number of amides is 2. The molecule has 2 rings (SSSR count). The normalized spacial score (nSPS) is 13.5. The molecule has 0 aromatic heterocycles. The van der Waals surface area contributed by atoms with Gasteiger partial charge >= 0.3 is 5.97 Å². The summed E-state index contributed by atoms with van der Waals surface area (Å²) in [6.07, 6.45) is -0.0334. The van der Waals surface area contributed by atoms with E-state index in [9.17, 15) is 23.0 Å². The van der Waals surface area contributed by atoms with Crippen LogP contribution in [0.2, 0.25) is 0 Å². The highest BCUT2D eigenvalue weighted by molar-refractivity contribution is 7.85. The molecule has 0 bridgehead atoms. The largest absolute Gasteiger partial charge is 0.467 e. The zero-order valence-electron chi connectivity index (χ0n) is 17.3. The highest BCUT2D eigenvalue weighted by atomic mass is 32.2. The average molecular weight is 449 g/mol. The smallest absolute Gasteiger partial charge is 0.328 e. The van der Waals surface area contributed by atoms with Gasteiger partial charge in [-0.1, -0.05) is 36.4 Å². The number of hydrogen-bond donors (Lipinski definition) is 2. The lowest BCUT2D eigenvalue weighted by molar-refractivity contribution is -0.145. The molecule has 31 heavy (non-hydrogen) atoms. The van der Waals surface area contributed by atoms with Gasteiger partial charge in [0.2, 0.25) is 11.8 Å². The molecule has 166 valence electrons. The van der Waals surface area contributed by atoms with Crippen LogP contribution in [0.4, 0.5) is 4.39 Å². The number of nitrogens with one attached hydrogen (secondary N) is 2. The molecule has 0 aliphatic carbocycles. The van der Waals surface area contributed by atoms with E-state index in [0.29, 0.717) is 4.90 Å². The molecule has 0 aliphatic heterocycles. The van der Waals surface area contributed by atoms with Crippen LogP contribution in [-0.4, -0.2) is 46.9 Å². The van der Waals surface area contributed by atoms with Crippen LogP contribution >= 0.6 is 0 Å². The number of hydrogen-bond acceptors (Lipinski definition) is 5. The molecule has 0 saturated carbocycles. The van der Waals surface area contributed by atoms with Gasteiger partial charge in [0.25, 0.3) is 0 Å². The summed E-state index contributed by atoms with van der Waals surface area (Å²) < 4.78 is 31.2. The molecule has 0 fully saturated rings. The number of ether oxygens (including phenoxy) is 1. The second-order valence-electron chi connectivity index (χ2n) is 6.78. The van der Waals surface area contributed by atoms with E-state index in [1.165, 1.54) is 32.2 Å². The van der Waals surface area contributed by atoms with Gasteiger partial charge in [-0.25, -0.2) is 9.18 Å². The molecule has 2 amide bonds. The van der Waals surface area contributed by atoms with Gasteiger partial charge in [0.15, 0.2) is 0 Å². The molecule has 0 saturated heterocycles. The number of methoxy groups -OCH3 is 1. The summed E-state index contributed by atoms with van der Waals surface area (Å²) >= 11 is 0. The standard InChI is InChI=1S/C22H25FN2O5S/c1-15(26)24-20(14-16-8-6-7-11-18(16)23)21(27)25-19(22(28)30-2)12-13-31(29)17-9-4-3-5-10-17/h3-11,19-20H,12-14H2,1-2H3,(H,24,26)(H,25,27)/t19-,20-,31+/m1/s1. The fourth-order valence-electron chi connectivity index (χ4n) is 2.92. The van der Waals surface area contributed by atoms with Crippen molar-refractivity contribution in [3.05, 3.63) is 66.0 Å². The topological polar surface area (TPSA) is 102 Å². The predicted octanol–water partition coefficient (Wildman–Crippen LogP) is 1.73. The van der Waals surface area contributed by atoms with Gasteiger partial charge in [0, 0.05) is 24.0 Å². The van der Waals surface area contributed by atoms with Crippen LogP contribution < -0.4 is 10.6 Å². The minimum absolute atomic E-state index is 0.0619. The lowest BCUT2D eigenvalue weighted by Crippen LogP contribution is -2.52. The van der Waals surface area contributed by atoms with Gasteiger partial charge in [0.1, 0.15) is 17.9 Å². The van der Waals surface area contributed by atoms with Crippen LogP contribution in [0.1, 0.15) is 18.9 Å². The maximum atomic E-state index is 14.0. The molecule has 2 aromatic rings. The summed E-state index contributed by atoms with van der Waals surface area (Å²) in [6.45, 7) is 1.24. The molecule has 0 spiro atoms. The average Bonchev–Trinajstić information content (AvgIpc) is 2.76. The fraction of sp³-hybridized carbons (Fsp3) is 0.318. The van der Waals surface area contributed by atoms with Crippen LogP contribution in [0.5, 0.6) is 0 Å². The Kier molecular flexibility index (Phi) is 9.33. The second-order valence-corrected chi connectivity index (χ2v) is 8.36. The molecule has 9 heteroatoms. The molecular weight excluding hydrogens is 423 g/mol. The minimum Gasteiger partial charge on any atom is -0.467 e. The number of benzene rings is 2. The third kappa shape index (κ3) is 7.60. The van der Waals surface area contributed by atoms with E-state index in [0.717, 1.165) is 0 Å². The lowest BCUT2D eigenvalue weighted by atomic mass is 10.0. The van der Waals surface area contributed by atoms with Crippen molar-refractivity contribution in [2.24, 2.45) is 0 Å². The molecule has 0 heterocycles. The highest BCUT2D eigenvalue weighted by Gasteiger charge is 2.28. The van der Waals surface area contributed by atoms with E-state index >= 15 is 0 Å². The van der Waals surface area contributed by atoms with Crippen LogP contribution in [0.25, 0.3) is 0 Å². The van der Waals surface area contributed by atoms with Crippen molar-refractivity contribution in [2.75, 3.05) is 12.9 Å².